The summed E-state index contributed by atoms with van der Waals surface area (Å²) in [7, 11) is 0. The fourth-order valence-corrected chi connectivity index (χ4v) is 2.20. The highest BCUT2D eigenvalue weighted by Gasteiger charge is 2.18. The molecule has 1 fully saturated rings. The van der Waals surface area contributed by atoms with Crippen LogP contribution in [-0.4, -0.2) is 29.2 Å². The Morgan fingerprint density at radius 3 is 2.83 bits per heavy atom. The Labute approximate surface area is 109 Å². The Balaban J connectivity index is 2.11. The standard InChI is InChI=1S/C14H23N3O/c1-4-7-15-14-10(2)11(3)16-13(17-14)9-12-6-5-8-18-12/h12H,4-9H2,1-3H3,(H,15,16,17). The molecule has 1 aromatic rings. The first-order valence-corrected chi connectivity index (χ1v) is 6.90. The number of anilines is 1. The minimum Gasteiger partial charge on any atom is -0.378 e. The van der Waals surface area contributed by atoms with Crippen molar-refractivity contribution < 1.29 is 4.74 Å². The van der Waals surface area contributed by atoms with Gasteiger partial charge in [0.05, 0.1) is 6.10 Å². The highest BCUT2D eigenvalue weighted by Crippen LogP contribution is 2.19. The molecule has 1 aliphatic heterocycles. The van der Waals surface area contributed by atoms with E-state index in [1.165, 1.54) is 0 Å². The van der Waals surface area contributed by atoms with Crippen LogP contribution in [0.15, 0.2) is 0 Å². The third-order valence-electron chi connectivity index (χ3n) is 3.41. The number of rotatable bonds is 5. The molecule has 4 heteroatoms. The second-order valence-electron chi connectivity index (χ2n) is 4.96. The molecule has 1 saturated heterocycles. The topological polar surface area (TPSA) is 47.0 Å². The van der Waals surface area contributed by atoms with Crippen molar-refractivity contribution >= 4 is 5.82 Å². The Morgan fingerprint density at radius 2 is 2.17 bits per heavy atom. The predicted octanol–water partition coefficient (Wildman–Crippen LogP) is 2.64. The molecule has 0 bridgehead atoms. The van der Waals surface area contributed by atoms with Gasteiger partial charge in [-0.05, 0) is 33.1 Å². The second kappa shape index (κ2) is 6.14. The zero-order valence-electron chi connectivity index (χ0n) is 11.6. The maximum absolute atomic E-state index is 5.65. The van der Waals surface area contributed by atoms with Crippen LogP contribution >= 0.6 is 0 Å². The molecule has 0 aliphatic carbocycles. The zero-order valence-corrected chi connectivity index (χ0v) is 11.6. The Kier molecular flexibility index (Phi) is 4.53. The number of hydrogen-bond acceptors (Lipinski definition) is 4. The summed E-state index contributed by atoms with van der Waals surface area (Å²) in [4.78, 5) is 9.21. The molecular formula is C14H23N3O. The molecule has 1 unspecified atom stereocenters. The molecule has 0 spiro atoms. The monoisotopic (exact) mass is 249 g/mol. The Bertz CT molecular complexity index is 400. The number of aromatic nitrogens is 2. The van der Waals surface area contributed by atoms with Gasteiger partial charge in [-0.15, -0.1) is 0 Å². The summed E-state index contributed by atoms with van der Waals surface area (Å²) in [6, 6.07) is 0. The van der Waals surface area contributed by atoms with Crippen LogP contribution in [0.4, 0.5) is 5.82 Å². The Hall–Kier alpha value is -1.16. The molecule has 4 nitrogen and oxygen atoms in total. The largest absolute Gasteiger partial charge is 0.378 e. The van der Waals surface area contributed by atoms with Gasteiger partial charge in [-0.3, -0.25) is 0 Å². The van der Waals surface area contributed by atoms with Crippen molar-refractivity contribution in [2.45, 2.75) is 52.6 Å². The molecular weight excluding hydrogens is 226 g/mol. The van der Waals surface area contributed by atoms with Crippen molar-refractivity contribution in [1.29, 1.82) is 0 Å². The minimum absolute atomic E-state index is 0.311. The van der Waals surface area contributed by atoms with Gasteiger partial charge in [0.15, 0.2) is 0 Å². The van der Waals surface area contributed by atoms with Gasteiger partial charge in [0, 0.05) is 30.8 Å². The highest BCUT2D eigenvalue weighted by atomic mass is 16.5. The molecule has 0 radical (unpaired) electrons. The summed E-state index contributed by atoms with van der Waals surface area (Å²) < 4.78 is 5.65. The molecule has 2 rings (SSSR count). The van der Waals surface area contributed by atoms with Crippen molar-refractivity contribution in [1.82, 2.24) is 9.97 Å². The fourth-order valence-electron chi connectivity index (χ4n) is 2.20. The number of hydrogen-bond donors (Lipinski definition) is 1. The van der Waals surface area contributed by atoms with Crippen LogP contribution in [0, 0.1) is 13.8 Å². The van der Waals surface area contributed by atoms with Crippen LogP contribution in [0.2, 0.25) is 0 Å². The maximum Gasteiger partial charge on any atom is 0.133 e. The quantitative estimate of drug-likeness (QED) is 0.871. The first-order chi connectivity index (χ1) is 8.70. The van der Waals surface area contributed by atoms with Crippen molar-refractivity contribution in [2.24, 2.45) is 0 Å². The van der Waals surface area contributed by atoms with E-state index in [2.05, 4.69) is 29.1 Å². The normalized spacial score (nSPS) is 19.2. The van der Waals surface area contributed by atoms with Gasteiger partial charge in [-0.2, -0.15) is 0 Å². The first-order valence-electron chi connectivity index (χ1n) is 6.90. The smallest absolute Gasteiger partial charge is 0.133 e. The molecule has 1 aliphatic rings. The van der Waals surface area contributed by atoms with E-state index >= 15 is 0 Å². The van der Waals surface area contributed by atoms with E-state index in [4.69, 9.17) is 4.74 Å². The van der Waals surface area contributed by atoms with Crippen molar-refractivity contribution in [3.63, 3.8) is 0 Å². The van der Waals surface area contributed by atoms with E-state index in [1.807, 2.05) is 6.92 Å². The lowest BCUT2D eigenvalue weighted by atomic mass is 10.1. The van der Waals surface area contributed by atoms with E-state index in [-0.39, 0.29) is 0 Å². The summed E-state index contributed by atoms with van der Waals surface area (Å²) in [5.74, 6) is 1.89. The summed E-state index contributed by atoms with van der Waals surface area (Å²) in [5, 5.41) is 3.38. The second-order valence-corrected chi connectivity index (χ2v) is 4.96. The van der Waals surface area contributed by atoms with Crippen molar-refractivity contribution in [3.05, 3.63) is 17.1 Å². The molecule has 18 heavy (non-hydrogen) atoms. The summed E-state index contributed by atoms with van der Waals surface area (Å²) in [6.45, 7) is 8.12. The van der Waals surface area contributed by atoms with Gasteiger partial charge in [0.25, 0.3) is 0 Å². The maximum atomic E-state index is 5.65. The van der Waals surface area contributed by atoms with Gasteiger partial charge in [-0.25, -0.2) is 9.97 Å². The van der Waals surface area contributed by atoms with Gasteiger partial charge in [-0.1, -0.05) is 6.92 Å². The van der Waals surface area contributed by atoms with Gasteiger partial charge >= 0.3 is 0 Å². The number of nitrogens with zero attached hydrogens (tertiary/aromatic N) is 2. The lowest BCUT2D eigenvalue weighted by Crippen LogP contribution is -2.15. The molecule has 0 amide bonds. The van der Waals surface area contributed by atoms with Crippen molar-refractivity contribution in [3.8, 4) is 0 Å². The van der Waals surface area contributed by atoms with Crippen LogP contribution in [0.5, 0.6) is 0 Å². The lowest BCUT2D eigenvalue weighted by molar-refractivity contribution is 0.110. The fraction of sp³-hybridized carbons (Fsp3) is 0.714. The predicted molar refractivity (Wildman–Crippen MR) is 73.0 cm³/mol. The number of ether oxygens (including phenoxy) is 1. The van der Waals surface area contributed by atoms with Crippen LogP contribution < -0.4 is 5.32 Å². The van der Waals surface area contributed by atoms with Gasteiger partial charge < -0.3 is 10.1 Å². The van der Waals surface area contributed by atoms with Gasteiger partial charge in [0.1, 0.15) is 11.6 Å². The van der Waals surface area contributed by atoms with Crippen molar-refractivity contribution in [2.75, 3.05) is 18.5 Å². The third kappa shape index (κ3) is 3.19. The average Bonchev–Trinajstić information content (AvgIpc) is 2.84. The first kappa shape index (κ1) is 13.3. The molecule has 1 atom stereocenters. The summed E-state index contributed by atoms with van der Waals surface area (Å²) in [5.41, 5.74) is 2.22. The number of nitrogens with one attached hydrogen (secondary N) is 1. The lowest BCUT2D eigenvalue weighted by Gasteiger charge is -2.13. The molecule has 0 saturated carbocycles. The van der Waals surface area contributed by atoms with Gasteiger partial charge in [0.2, 0.25) is 0 Å². The van der Waals surface area contributed by atoms with Crippen LogP contribution in [0.1, 0.15) is 43.3 Å². The van der Waals surface area contributed by atoms with E-state index in [9.17, 15) is 0 Å². The molecule has 0 aromatic carbocycles. The zero-order chi connectivity index (χ0) is 13.0. The molecule has 2 heterocycles. The summed E-state index contributed by atoms with van der Waals surface area (Å²) >= 11 is 0. The van der Waals surface area contributed by atoms with Crippen LogP contribution in [0.25, 0.3) is 0 Å². The van der Waals surface area contributed by atoms with E-state index in [0.717, 1.165) is 61.7 Å². The number of aryl methyl sites for hydroxylation is 1. The highest BCUT2D eigenvalue weighted by molar-refractivity contribution is 5.45. The SMILES string of the molecule is CCCNc1nc(CC2CCCO2)nc(C)c1C. The Morgan fingerprint density at radius 1 is 1.33 bits per heavy atom. The van der Waals surface area contributed by atoms with E-state index < -0.39 is 0 Å². The molecule has 100 valence electrons. The summed E-state index contributed by atoms with van der Waals surface area (Å²) in [6.07, 6.45) is 4.54. The van der Waals surface area contributed by atoms with E-state index in [1.54, 1.807) is 0 Å². The van der Waals surface area contributed by atoms with Crippen LogP contribution in [0.3, 0.4) is 0 Å². The average molecular weight is 249 g/mol. The molecule has 1 N–H and O–H groups in total. The minimum atomic E-state index is 0.311. The molecule has 1 aromatic heterocycles. The van der Waals surface area contributed by atoms with Crippen LogP contribution in [-0.2, 0) is 11.2 Å². The third-order valence-corrected chi connectivity index (χ3v) is 3.41. The van der Waals surface area contributed by atoms with E-state index in [0.29, 0.717) is 6.10 Å².